The van der Waals surface area contributed by atoms with E-state index in [2.05, 4.69) is 216 Å². The maximum Gasteiger partial charge on any atom is 0.0986 e. The summed E-state index contributed by atoms with van der Waals surface area (Å²) in [5.41, 5.74) is 10.5. The molecule has 0 unspecified atom stereocenters. The van der Waals surface area contributed by atoms with Gasteiger partial charge < -0.3 is 9.80 Å². The zero-order chi connectivity index (χ0) is 39.3. The molecule has 4 heteroatoms. The van der Waals surface area contributed by atoms with Gasteiger partial charge in [-0.2, -0.15) is 0 Å². The second kappa shape index (κ2) is 12.7. The van der Waals surface area contributed by atoms with Crippen molar-refractivity contribution in [3.05, 3.63) is 206 Å². The standard InChI is InChI=1S/C56H34N4/c1-5-19-35(20-6-1)59(36-21-7-2-8-22-36)55-41-29-15-13-27-39(41)49-47-43(31-17-33-45(47)55)51-53(49)58-52-44-32-18-34-46-48(44)50(54(52)57-51)40-28-14-16-30-42(40)56(46)60(37-23-9-3-10-24-37)38-25-11-4-12-26-38/h1-34H. The molecule has 4 nitrogen and oxygen atoms in total. The number of aromatic nitrogens is 2. The minimum Gasteiger partial charge on any atom is -0.309 e. The first kappa shape index (κ1) is 32.9. The van der Waals surface area contributed by atoms with E-state index in [0.717, 1.165) is 77.7 Å². The largest absolute Gasteiger partial charge is 0.309 e. The summed E-state index contributed by atoms with van der Waals surface area (Å²) in [6.45, 7) is 0. The van der Waals surface area contributed by atoms with E-state index >= 15 is 0 Å². The molecule has 0 atom stereocenters. The second-order valence-corrected chi connectivity index (χ2v) is 15.6. The summed E-state index contributed by atoms with van der Waals surface area (Å²) in [6.07, 6.45) is 0. The van der Waals surface area contributed by atoms with E-state index in [0.29, 0.717) is 0 Å². The van der Waals surface area contributed by atoms with Crippen LogP contribution in [0.3, 0.4) is 0 Å². The van der Waals surface area contributed by atoms with E-state index in [1.165, 1.54) is 43.1 Å². The van der Waals surface area contributed by atoms with Crippen molar-refractivity contribution in [3.63, 3.8) is 0 Å². The van der Waals surface area contributed by atoms with Crippen molar-refractivity contribution in [1.29, 1.82) is 0 Å². The Morgan fingerprint density at radius 3 is 0.850 bits per heavy atom. The predicted molar refractivity (Wildman–Crippen MR) is 254 cm³/mol. The fourth-order valence-corrected chi connectivity index (χ4v) is 10.1. The van der Waals surface area contributed by atoms with E-state index in [-0.39, 0.29) is 0 Å². The monoisotopic (exact) mass is 762 g/mol. The van der Waals surface area contributed by atoms with Gasteiger partial charge in [-0.1, -0.05) is 158 Å². The van der Waals surface area contributed by atoms with E-state index in [4.69, 9.17) is 9.97 Å². The smallest absolute Gasteiger partial charge is 0.0986 e. The van der Waals surface area contributed by atoms with Crippen molar-refractivity contribution in [2.75, 3.05) is 9.80 Å². The summed E-state index contributed by atoms with van der Waals surface area (Å²) in [5, 5.41) is 14.0. The van der Waals surface area contributed by atoms with Gasteiger partial charge in [-0.3, -0.25) is 0 Å². The number of anilines is 6. The Morgan fingerprint density at radius 1 is 0.217 bits per heavy atom. The Hall–Kier alpha value is -8.08. The Labute approximate surface area is 345 Å². The summed E-state index contributed by atoms with van der Waals surface area (Å²) in [4.78, 5) is 16.3. The topological polar surface area (TPSA) is 32.3 Å². The van der Waals surface area contributed by atoms with Gasteiger partial charge in [-0.25, -0.2) is 9.97 Å². The first-order valence-electron chi connectivity index (χ1n) is 20.5. The summed E-state index contributed by atoms with van der Waals surface area (Å²) >= 11 is 0. The minimum absolute atomic E-state index is 0.937. The van der Waals surface area contributed by atoms with Gasteiger partial charge in [0.05, 0.1) is 33.4 Å². The van der Waals surface area contributed by atoms with Gasteiger partial charge in [0.15, 0.2) is 0 Å². The van der Waals surface area contributed by atoms with Gasteiger partial charge in [-0.15, -0.1) is 0 Å². The zero-order valence-electron chi connectivity index (χ0n) is 32.4. The molecule has 0 bridgehead atoms. The molecule has 0 aliphatic heterocycles. The third-order valence-corrected chi connectivity index (χ3v) is 12.4. The van der Waals surface area contributed by atoms with Crippen LogP contribution in [0.15, 0.2) is 206 Å². The first-order valence-corrected chi connectivity index (χ1v) is 20.5. The van der Waals surface area contributed by atoms with Crippen LogP contribution in [-0.2, 0) is 0 Å². The zero-order valence-corrected chi connectivity index (χ0v) is 32.4. The molecule has 0 amide bonds. The van der Waals surface area contributed by atoms with Crippen LogP contribution in [-0.4, -0.2) is 9.97 Å². The van der Waals surface area contributed by atoms with Crippen LogP contribution < -0.4 is 9.80 Å². The van der Waals surface area contributed by atoms with Crippen molar-refractivity contribution in [1.82, 2.24) is 9.97 Å². The van der Waals surface area contributed by atoms with Crippen LogP contribution in [0.4, 0.5) is 34.1 Å². The van der Waals surface area contributed by atoms with Gasteiger partial charge in [0, 0.05) is 76.6 Å². The number of nitrogens with zero attached hydrogens (tertiary/aromatic N) is 4. The molecular weight excluding hydrogens is 729 g/mol. The lowest BCUT2D eigenvalue weighted by Gasteiger charge is -2.28. The summed E-state index contributed by atoms with van der Waals surface area (Å²) in [6, 6.07) is 73.9. The molecule has 0 aliphatic rings. The fourth-order valence-electron chi connectivity index (χ4n) is 10.1. The second-order valence-electron chi connectivity index (χ2n) is 15.6. The number of hydrogen-bond donors (Lipinski definition) is 0. The molecule has 0 N–H and O–H groups in total. The highest BCUT2D eigenvalue weighted by Gasteiger charge is 2.28. The number of rotatable bonds is 6. The molecule has 0 spiro atoms. The van der Waals surface area contributed by atoms with Gasteiger partial charge >= 0.3 is 0 Å². The maximum absolute atomic E-state index is 5.76. The molecule has 278 valence electrons. The predicted octanol–water partition coefficient (Wildman–Crippen LogP) is 15.5. The quantitative estimate of drug-likeness (QED) is 0.158. The van der Waals surface area contributed by atoms with E-state index in [1.807, 2.05) is 0 Å². The van der Waals surface area contributed by atoms with Crippen molar-refractivity contribution < 1.29 is 0 Å². The lowest BCUT2D eigenvalue weighted by molar-refractivity contribution is 1.31. The number of para-hydroxylation sites is 4. The number of benzene rings is 10. The maximum atomic E-state index is 5.76. The van der Waals surface area contributed by atoms with E-state index in [9.17, 15) is 0 Å². The highest BCUT2D eigenvalue weighted by Crippen LogP contribution is 2.53. The molecule has 0 fully saturated rings. The fraction of sp³-hybridized carbons (Fsp3) is 0. The van der Waals surface area contributed by atoms with Crippen LogP contribution in [0, 0.1) is 0 Å². The molecule has 12 aromatic carbocycles. The molecule has 0 radical (unpaired) electrons. The molecular formula is C56H34N4. The highest BCUT2D eigenvalue weighted by molar-refractivity contribution is 6.42. The van der Waals surface area contributed by atoms with E-state index in [1.54, 1.807) is 0 Å². The van der Waals surface area contributed by atoms with Gasteiger partial charge in [0.2, 0.25) is 0 Å². The summed E-state index contributed by atoms with van der Waals surface area (Å²) < 4.78 is 0. The lowest BCUT2D eigenvalue weighted by atomic mass is 9.95. The van der Waals surface area contributed by atoms with Crippen molar-refractivity contribution >= 4 is 121 Å². The number of hydrogen-bond acceptors (Lipinski definition) is 4. The normalized spacial score (nSPS) is 12.0. The van der Waals surface area contributed by atoms with Crippen molar-refractivity contribution in [2.24, 2.45) is 0 Å². The van der Waals surface area contributed by atoms with Crippen LogP contribution in [0.2, 0.25) is 0 Å². The van der Waals surface area contributed by atoms with Gasteiger partial charge in [0.1, 0.15) is 0 Å². The third-order valence-electron chi connectivity index (χ3n) is 12.4. The van der Waals surface area contributed by atoms with Crippen LogP contribution in [0.1, 0.15) is 0 Å². The Morgan fingerprint density at radius 2 is 0.500 bits per heavy atom. The van der Waals surface area contributed by atoms with Crippen LogP contribution in [0.25, 0.3) is 86.7 Å². The number of fused-ring (bicyclic) bond motifs is 10. The first-order chi connectivity index (χ1) is 29.8. The molecule has 13 aromatic rings. The molecule has 1 heterocycles. The summed E-state index contributed by atoms with van der Waals surface area (Å²) in [7, 11) is 0. The average Bonchev–Trinajstić information content (AvgIpc) is 3.83. The van der Waals surface area contributed by atoms with Crippen molar-refractivity contribution in [3.8, 4) is 0 Å². The molecule has 0 saturated heterocycles. The third kappa shape index (κ3) is 4.56. The van der Waals surface area contributed by atoms with Gasteiger partial charge in [-0.05, 0) is 59.3 Å². The lowest BCUT2D eigenvalue weighted by Crippen LogP contribution is -2.11. The molecule has 0 saturated carbocycles. The van der Waals surface area contributed by atoms with Crippen LogP contribution >= 0.6 is 0 Å². The van der Waals surface area contributed by atoms with Gasteiger partial charge in [0.25, 0.3) is 0 Å². The Kier molecular flexibility index (Phi) is 6.98. The molecule has 1 aromatic heterocycles. The molecule has 60 heavy (non-hydrogen) atoms. The van der Waals surface area contributed by atoms with Crippen molar-refractivity contribution in [2.45, 2.75) is 0 Å². The Balaban J connectivity index is 1.17. The average molecular weight is 763 g/mol. The molecule has 0 aliphatic carbocycles. The Bertz CT molecular complexity index is 3430. The minimum atomic E-state index is 0.937. The van der Waals surface area contributed by atoms with E-state index < -0.39 is 0 Å². The SMILES string of the molecule is c1ccc(N(c2ccccc2)c2c3ccccc3c3c4nc5c6cccc7c(N(c8ccccc8)c8ccccc8)c8ccccc8c(c5nc4c4cccc2c43)c76)cc1. The molecule has 13 rings (SSSR count). The van der Waals surface area contributed by atoms with Crippen LogP contribution in [0.5, 0.6) is 0 Å². The summed E-state index contributed by atoms with van der Waals surface area (Å²) in [5.74, 6) is 0. The highest BCUT2D eigenvalue weighted by atomic mass is 15.2.